The van der Waals surface area contributed by atoms with Crippen molar-refractivity contribution in [3.63, 3.8) is 0 Å². The zero-order valence-electron chi connectivity index (χ0n) is 11.7. The molecule has 0 saturated heterocycles. The number of nitrogens with zero attached hydrogens (tertiary/aromatic N) is 1. The average molecular weight is 337 g/mol. The predicted molar refractivity (Wildman–Crippen MR) is 83.2 cm³/mol. The quantitative estimate of drug-likeness (QED) is 0.885. The fraction of sp³-hybridized carbons (Fsp3) is 0.312. The van der Waals surface area contributed by atoms with E-state index in [0.29, 0.717) is 12.0 Å². The molecule has 1 atom stereocenters. The largest absolute Gasteiger partial charge is 0.310 e. The van der Waals surface area contributed by atoms with Gasteiger partial charge >= 0.3 is 0 Å². The average Bonchev–Trinajstić information content (AvgIpc) is 2.42. The number of likely N-dealkylation sites (N-methyl/N-ethyl adjacent to an activating group) is 1. The highest BCUT2D eigenvalue weighted by molar-refractivity contribution is 9.10. The molecule has 2 nitrogen and oxygen atoms in total. The van der Waals surface area contributed by atoms with E-state index in [2.05, 4.69) is 33.2 Å². The Labute approximate surface area is 127 Å². The van der Waals surface area contributed by atoms with Gasteiger partial charge in [-0.05, 0) is 61.3 Å². The van der Waals surface area contributed by atoms with Crippen LogP contribution in [0.1, 0.15) is 29.8 Å². The van der Waals surface area contributed by atoms with E-state index in [9.17, 15) is 4.39 Å². The van der Waals surface area contributed by atoms with Crippen molar-refractivity contribution < 1.29 is 4.39 Å². The van der Waals surface area contributed by atoms with Crippen LogP contribution in [0.15, 0.2) is 41.0 Å². The van der Waals surface area contributed by atoms with Crippen LogP contribution in [0.5, 0.6) is 0 Å². The summed E-state index contributed by atoms with van der Waals surface area (Å²) in [5, 5.41) is 3.41. The zero-order valence-corrected chi connectivity index (χ0v) is 13.2. The molecule has 1 heterocycles. The third-order valence-electron chi connectivity index (χ3n) is 3.21. The summed E-state index contributed by atoms with van der Waals surface area (Å²) in [6.07, 6.45) is 2.41. The smallest absolute Gasteiger partial charge is 0.126 e. The van der Waals surface area contributed by atoms with E-state index < -0.39 is 0 Å². The number of pyridine rings is 1. The molecular weight excluding hydrogens is 319 g/mol. The van der Waals surface area contributed by atoms with Gasteiger partial charge in [-0.15, -0.1) is 0 Å². The third kappa shape index (κ3) is 3.87. The number of rotatable bonds is 5. The highest BCUT2D eigenvalue weighted by Gasteiger charge is 2.14. The summed E-state index contributed by atoms with van der Waals surface area (Å²) in [5.74, 6) is -0.165. The molecule has 0 radical (unpaired) electrons. The molecule has 1 aromatic carbocycles. The Hall–Kier alpha value is -1.26. The molecule has 2 rings (SSSR count). The molecule has 0 bridgehead atoms. The van der Waals surface area contributed by atoms with Crippen molar-refractivity contribution in [2.45, 2.75) is 26.3 Å². The van der Waals surface area contributed by atoms with Crippen LogP contribution in [-0.2, 0) is 6.42 Å². The van der Waals surface area contributed by atoms with Gasteiger partial charge in [0.2, 0.25) is 0 Å². The van der Waals surface area contributed by atoms with Gasteiger partial charge in [-0.1, -0.05) is 22.9 Å². The molecule has 20 heavy (non-hydrogen) atoms. The van der Waals surface area contributed by atoms with E-state index >= 15 is 0 Å². The second-order valence-corrected chi connectivity index (χ2v) is 5.70. The van der Waals surface area contributed by atoms with E-state index in [1.165, 1.54) is 6.07 Å². The number of aryl methyl sites for hydroxylation is 1. The SMILES string of the molecule is CCNC(Cc1cc(Br)ccc1F)c1ccnc(C)c1. The van der Waals surface area contributed by atoms with Gasteiger partial charge < -0.3 is 5.32 Å². The van der Waals surface area contributed by atoms with Crippen LogP contribution in [0.25, 0.3) is 0 Å². The summed E-state index contributed by atoms with van der Waals surface area (Å²) in [4.78, 5) is 4.21. The van der Waals surface area contributed by atoms with Crippen LogP contribution in [0, 0.1) is 12.7 Å². The van der Waals surface area contributed by atoms with Crippen LogP contribution in [0.3, 0.4) is 0 Å². The van der Waals surface area contributed by atoms with Crippen LogP contribution in [0.2, 0.25) is 0 Å². The van der Waals surface area contributed by atoms with Gasteiger partial charge in [0.1, 0.15) is 5.82 Å². The molecule has 4 heteroatoms. The highest BCUT2D eigenvalue weighted by Crippen LogP contribution is 2.23. The lowest BCUT2D eigenvalue weighted by Crippen LogP contribution is -2.23. The van der Waals surface area contributed by atoms with Gasteiger partial charge in [-0.25, -0.2) is 4.39 Å². The Morgan fingerprint density at radius 2 is 2.10 bits per heavy atom. The van der Waals surface area contributed by atoms with Crippen molar-refractivity contribution in [3.05, 3.63) is 63.6 Å². The molecule has 106 valence electrons. The number of halogens is 2. The van der Waals surface area contributed by atoms with E-state index in [1.54, 1.807) is 12.3 Å². The first kappa shape index (κ1) is 15.1. The van der Waals surface area contributed by atoms with Gasteiger partial charge in [0, 0.05) is 22.4 Å². The second-order valence-electron chi connectivity index (χ2n) is 4.78. The van der Waals surface area contributed by atoms with Crippen LogP contribution in [-0.4, -0.2) is 11.5 Å². The minimum absolute atomic E-state index is 0.0884. The molecule has 1 unspecified atom stereocenters. The van der Waals surface area contributed by atoms with Crippen LogP contribution >= 0.6 is 15.9 Å². The molecule has 0 aliphatic rings. The van der Waals surface area contributed by atoms with Crippen LogP contribution in [0.4, 0.5) is 4.39 Å². The van der Waals surface area contributed by atoms with E-state index in [4.69, 9.17) is 0 Å². The first-order valence-corrected chi connectivity index (χ1v) is 7.49. The third-order valence-corrected chi connectivity index (χ3v) is 3.70. The summed E-state index contributed by atoms with van der Waals surface area (Å²) < 4.78 is 14.8. The van der Waals surface area contributed by atoms with E-state index in [1.807, 2.05) is 25.1 Å². The lowest BCUT2D eigenvalue weighted by Gasteiger charge is -2.19. The molecule has 0 fully saturated rings. The number of benzene rings is 1. The second kappa shape index (κ2) is 6.95. The van der Waals surface area contributed by atoms with Crippen molar-refractivity contribution in [3.8, 4) is 0 Å². The monoisotopic (exact) mass is 336 g/mol. The lowest BCUT2D eigenvalue weighted by molar-refractivity contribution is 0.527. The number of nitrogens with one attached hydrogen (secondary N) is 1. The van der Waals surface area contributed by atoms with Crippen molar-refractivity contribution in [2.24, 2.45) is 0 Å². The lowest BCUT2D eigenvalue weighted by atomic mass is 9.98. The van der Waals surface area contributed by atoms with Gasteiger partial charge in [0.25, 0.3) is 0 Å². The maximum Gasteiger partial charge on any atom is 0.126 e. The summed E-state index contributed by atoms with van der Waals surface area (Å²) in [7, 11) is 0. The summed E-state index contributed by atoms with van der Waals surface area (Å²) in [6, 6.07) is 9.18. The molecule has 0 aliphatic carbocycles. The molecule has 1 N–H and O–H groups in total. The first-order chi connectivity index (χ1) is 9.60. The molecule has 2 aromatic rings. The predicted octanol–water partition coefficient (Wildman–Crippen LogP) is 4.18. The fourth-order valence-corrected chi connectivity index (χ4v) is 2.67. The van der Waals surface area contributed by atoms with Gasteiger partial charge in [0.15, 0.2) is 0 Å². The number of aromatic nitrogens is 1. The molecule has 0 spiro atoms. The van der Waals surface area contributed by atoms with E-state index in [-0.39, 0.29) is 11.9 Å². The van der Waals surface area contributed by atoms with Crippen molar-refractivity contribution >= 4 is 15.9 Å². The maximum absolute atomic E-state index is 13.9. The summed E-state index contributed by atoms with van der Waals surface area (Å²) >= 11 is 3.40. The van der Waals surface area contributed by atoms with Gasteiger partial charge in [-0.3, -0.25) is 4.98 Å². The zero-order chi connectivity index (χ0) is 14.5. The van der Waals surface area contributed by atoms with Crippen molar-refractivity contribution in [2.75, 3.05) is 6.54 Å². The van der Waals surface area contributed by atoms with Gasteiger partial charge in [-0.2, -0.15) is 0 Å². The highest BCUT2D eigenvalue weighted by atomic mass is 79.9. The molecular formula is C16H18BrFN2. The normalized spacial score (nSPS) is 12.4. The first-order valence-electron chi connectivity index (χ1n) is 6.70. The molecule has 0 saturated carbocycles. The maximum atomic E-state index is 13.9. The molecule has 0 aliphatic heterocycles. The Morgan fingerprint density at radius 3 is 2.80 bits per heavy atom. The fourth-order valence-electron chi connectivity index (χ4n) is 2.26. The Balaban J connectivity index is 2.27. The Bertz CT molecular complexity index is 586. The topological polar surface area (TPSA) is 24.9 Å². The summed E-state index contributed by atoms with van der Waals surface area (Å²) in [6.45, 7) is 4.85. The minimum Gasteiger partial charge on any atom is -0.310 e. The van der Waals surface area contributed by atoms with Crippen molar-refractivity contribution in [1.29, 1.82) is 0 Å². The molecule has 0 amide bonds. The Kier molecular flexibility index (Phi) is 5.26. The molecule has 1 aromatic heterocycles. The van der Waals surface area contributed by atoms with Crippen LogP contribution < -0.4 is 5.32 Å². The Morgan fingerprint density at radius 1 is 1.30 bits per heavy atom. The van der Waals surface area contributed by atoms with E-state index in [0.717, 1.165) is 22.3 Å². The minimum atomic E-state index is -0.165. The van der Waals surface area contributed by atoms with Crippen molar-refractivity contribution in [1.82, 2.24) is 10.3 Å². The summed E-state index contributed by atoms with van der Waals surface area (Å²) in [5.41, 5.74) is 2.82. The standard InChI is InChI=1S/C16H18BrFN2/c1-3-19-16(12-6-7-20-11(2)8-12)10-13-9-14(17)4-5-15(13)18/h4-9,16,19H,3,10H2,1-2H3. The number of hydrogen-bond donors (Lipinski definition) is 1. The van der Waals surface area contributed by atoms with Gasteiger partial charge in [0.05, 0.1) is 0 Å². The number of hydrogen-bond acceptors (Lipinski definition) is 2.